The maximum absolute atomic E-state index is 12.8. The average Bonchev–Trinajstić information content (AvgIpc) is 3.29. The first-order valence-corrected chi connectivity index (χ1v) is 27.3. The minimum atomic E-state index is -0.780. The van der Waals surface area contributed by atoms with Crippen LogP contribution in [0.2, 0.25) is 0 Å². The van der Waals surface area contributed by atoms with Gasteiger partial charge in [0.1, 0.15) is 13.2 Å². The van der Waals surface area contributed by atoms with Gasteiger partial charge in [-0.15, -0.1) is 0 Å². The Kier molecular flexibility index (Phi) is 50.4. The molecule has 0 saturated carbocycles. The van der Waals surface area contributed by atoms with E-state index in [9.17, 15) is 14.4 Å². The summed E-state index contributed by atoms with van der Waals surface area (Å²) < 4.78 is 16.8. The number of carbonyl (C=O) groups is 3. The summed E-state index contributed by atoms with van der Waals surface area (Å²) in [6.45, 7) is 6.48. The number of esters is 3. The lowest BCUT2D eigenvalue weighted by Gasteiger charge is -2.18. The Bertz CT molecular complexity index is 1170. The topological polar surface area (TPSA) is 78.9 Å². The van der Waals surface area contributed by atoms with Crippen molar-refractivity contribution in [3.63, 3.8) is 0 Å². The van der Waals surface area contributed by atoms with Gasteiger partial charge in [0.05, 0.1) is 0 Å². The van der Waals surface area contributed by atoms with Crippen LogP contribution in [0.15, 0.2) is 60.8 Å². The van der Waals surface area contributed by atoms with Crippen molar-refractivity contribution in [3.8, 4) is 0 Å². The molecule has 0 N–H and O–H groups in total. The van der Waals surface area contributed by atoms with Crippen LogP contribution in [-0.4, -0.2) is 37.2 Å². The van der Waals surface area contributed by atoms with Gasteiger partial charge in [-0.1, -0.05) is 229 Å². The first-order chi connectivity index (χ1) is 31.5. The fraction of sp³-hybridized carbons (Fsp3) is 0.776. The van der Waals surface area contributed by atoms with E-state index < -0.39 is 6.10 Å². The number of unbranched alkanes of at least 4 members (excludes halogenated alkanes) is 28. The zero-order chi connectivity index (χ0) is 46.5. The van der Waals surface area contributed by atoms with E-state index in [0.717, 1.165) is 103 Å². The zero-order valence-corrected chi connectivity index (χ0v) is 42.3. The number of carbonyl (C=O) groups excluding carboxylic acids is 3. The van der Waals surface area contributed by atoms with Crippen LogP contribution in [0.5, 0.6) is 0 Å². The summed E-state index contributed by atoms with van der Waals surface area (Å²) in [5.41, 5.74) is 0. The van der Waals surface area contributed by atoms with Gasteiger partial charge in [0.2, 0.25) is 0 Å². The highest BCUT2D eigenvalue weighted by Crippen LogP contribution is 2.15. The summed E-state index contributed by atoms with van der Waals surface area (Å²) in [5.74, 6) is -0.898. The summed E-state index contributed by atoms with van der Waals surface area (Å²) in [6, 6.07) is 0. The van der Waals surface area contributed by atoms with E-state index in [4.69, 9.17) is 14.2 Å². The third-order valence-electron chi connectivity index (χ3n) is 11.8. The van der Waals surface area contributed by atoms with Gasteiger partial charge in [-0.05, 0) is 83.5 Å². The van der Waals surface area contributed by atoms with Gasteiger partial charge in [0.25, 0.3) is 0 Å². The Hall–Kier alpha value is -2.89. The van der Waals surface area contributed by atoms with Crippen LogP contribution in [0, 0.1) is 0 Å². The molecule has 0 aliphatic rings. The van der Waals surface area contributed by atoms with E-state index in [-0.39, 0.29) is 31.1 Å². The van der Waals surface area contributed by atoms with Gasteiger partial charge in [0, 0.05) is 19.3 Å². The predicted molar refractivity (Wildman–Crippen MR) is 275 cm³/mol. The molecule has 0 radical (unpaired) electrons. The summed E-state index contributed by atoms with van der Waals surface area (Å²) in [6.07, 6.45) is 65.1. The zero-order valence-electron chi connectivity index (χ0n) is 42.3. The van der Waals surface area contributed by atoms with E-state index in [2.05, 4.69) is 81.5 Å². The van der Waals surface area contributed by atoms with Crippen molar-refractivity contribution >= 4 is 17.9 Å². The molecule has 0 bridgehead atoms. The van der Waals surface area contributed by atoms with E-state index in [1.54, 1.807) is 0 Å². The van der Waals surface area contributed by atoms with Crippen LogP contribution in [0.25, 0.3) is 0 Å². The molecule has 1 atom stereocenters. The molecule has 0 aromatic rings. The lowest BCUT2D eigenvalue weighted by atomic mass is 10.0. The number of hydrogen-bond donors (Lipinski definition) is 0. The van der Waals surface area contributed by atoms with Crippen molar-refractivity contribution < 1.29 is 28.6 Å². The lowest BCUT2D eigenvalue weighted by molar-refractivity contribution is -0.167. The maximum atomic E-state index is 12.8. The molecule has 0 aliphatic heterocycles. The fourth-order valence-corrected chi connectivity index (χ4v) is 7.66. The van der Waals surface area contributed by atoms with E-state index in [1.807, 2.05) is 0 Å². The second-order valence-corrected chi connectivity index (χ2v) is 18.1. The van der Waals surface area contributed by atoms with Crippen LogP contribution in [-0.2, 0) is 28.6 Å². The van der Waals surface area contributed by atoms with Crippen LogP contribution in [0.4, 0.5) is 0 Å². The van der Waals surface area contributed by atoms with Crippen molar-refractivity contribution in [2.75, 3.05) is 13.2 Å². The molecule has 0 saturated heterocycles. The molecular formula is C58H102O6. The average molecular weight is 895 g/mol. The van der Waals surface area contributed by atoms with Gasteiger partial charge >= 0.3 is 17.9 Å². The second-order valence-electron chi connectivity index (χ2n) is 18.1. The molecule has 1 unspecified atom stereocenters. The standard InChI is InChI=1S/C58H102O6/c1-4-7-10-13-16-19-21-23-25-26-27-28-29-30-31-32-34-35-37-39-42-45-48-51-57(60)63-54-55(53-62-56(59)50-47-44-41-18-15-12-9-6-3)64-58(61)52-49-46-43-40-38-36-33-24-22-20-17-14-11-8-5-2/h8,11,17,20-21,23-24,26-27,33,55H,4-7,9-10,12-16,18-19,22,25,28-32,34-54H2,1-3H3/b11-8-,20-17-,23-21-,27-26-,33-24-. The van der Waals surface area contributed by atoms with E-state index in [0.29, 0.717) is 19.3 Å². The van der Waals surface area contributed by atoms with Crippen molar-refractivity contribution in [1.82, 2.24) is 0 Å². The highest BCUT2D eigenvalue weighted by atomic mass is 16.6. The number of rotatable bonds is 49. The Morgan fingerprint density at radius 3 is 0.953 bits per heavy atom. The van der Waals surface area contributed by atoms with E-state index in [1.165, 1.54) is 128 Å². The Morgan fingerprint density at radius 1 is 0.328 bits per heavy atom. The first kappa shape index (κ1) is 61.1. The summed E-state index contributed by atoms with van der Waals surface area (Å²) in [5, 5.41) is 0. The SMILES string of the molecule is CC/C=C\C/C=C\C/C=C\CCCCCCCC(=O)OC(COC(=O)CCCCCCCCCC)COC(=O)CCCCCCCCCCCCC/C=C\C/C=C\CCCCCCC. The number of ether oxygens (including phenoxy) is 3. The molecule has 0 amide bonds. The largest absolute Gasteiger partial charge is 0.462 e. The van der Waals surface area contributed by atoms with Crippen molar-refractivity contribution in [2.24, 2.45) is 0 Å². The molecule has 0 aromatic heterocycles. The lowest BCUT2D eigenvalue weighted by Crippen LogP contribution is -2.30. The van der Waals surface area contributed by atoms with Crippen LogP contribution in [0.3, 0.4) is 0 Å². The molecule has 0 fully saturated rings. The summed E-state index contributed by atoms with van der Waals surface area (Å²) in [7, 11) is 0. The molecule has 64 heavy (non-hydrogen) atoms. The highest BCUT2D eigenvalue weighted by molar-refractivity contribution is 5.71. The molecule has 370 valence electrons. The molecule has 6 heteroatoms. The monoisotopic (exact) mass is 895 g/mol. The quantitative estimate of drug-likeness (QED) is 0.0262. The smallest absolute Gasteiger partial charge is 0.306 e. The molecular weight excluding hydrogens is 793 g/mol. The Morgan fingerprint density at radius 2 is 0.609 bits per heavy atom. The van der Waals surface area contributed by atoms with Gasteiger partial charge in [0.15, 0.2) is 6.10 Å². The van der Waals surface area contributed by atoms with Gasteiger partial charge < -0.3 is 14.2 Å². The maximum Gasteiger partial charge on any atom is 0.306 e. The Balaban J connectivity index is 4.22. The highest BCUT2D eigenvalue weighted by Gasteiger charge is 2.19. The molecule has 0 spiro atoms. The van der Waals surface area contributed by atoms with Crippen molar-refractivity contribution in [3.05, 3.63) is 60.8 Å². The van der Waals surface area contributed by atoms with Crippen molar-refractivity contribution in [1.29, 1.82) is 0 Å². The van der Waals surface area contributed by atoms with E-state index >= 15 is 0 Å². The molecule has 0 aromatic carbocycles. The fourth-order valence-electron chi connectivity index (χ4n) is 7.66. The van der Waals surface area contributed by atoms with Crippen molar-refractivity contribution in [2.45, 2.75) is 277 Å². The molecule has 0 rings (SSSR count). The summed E-state index contributed by atoms with van der Waals surface area (Å²) >= 11 is 0. The normalized spacial score (nSPS) is 12.5. The summed E-state index contributed by atoms with van der Waals surface area (Å²) in [4.78, 5) is 37.9. The minimum Gasteiger partial charge on any atom is -0.462 e. The molecule has 6 nitrogen and oxygen atoms in total. The second kappa shape index (κ2) is 52.7. The first-order valence-electron chi connectivity index (χ1n) is 27.3. The third-order valence-corrected chi connectivity index (χ3v) is 11.8. The predicted octanol–water partition coefficient (Wildman–Crippen LogP) is 18.0. The number of hydrogen-bond acceptors (Lipinski definition) is 6. The van der Waals surface area contributed by atoms with Gasteiger partial charge in [-0.25, -0.2) is 0 Å². The van der Waals surface area contributed by atoms with Crippen LogP contribution in [0.1, 0.15) is 271 Å². The Labute approximate surface area is 396 Å². The molecule has 0 heterocycles. The van der Waals surface area contributed by atoms with Crippen LogP contribution < -0.4 is 0 Å². The minimum absolute atomic E-state index is 0.0805. The van der Waals surface area contributed by atoms with Gasteiger partial charge in [-0.2, -0.15) is 0 Å². The van der Waals surface area contributed by atoms with Gasteiger partial charge in [-0.3, -0.25) is 14.4 Å². The number of allylic oxidation sites excluding steroid dienone is 10. The third kappa shape index (κ3) is 50.1. The van der Waals surface area contributed by atoms with Crippen LogP contribution >= 0.6 is 0 Å². The molecule has 0 aliphatic carbocycles.